The highest BCUT2D eigenvalue weighted by Crippen LogP contribution is 2.39. The van der Waals surface area contributed by atoms with Crippen molar-refractivity contribution in [3.05, 3.63) is 57.9 Å². The fraction of sp³-hybridized carbons (Fsp3) is 0.211. The first-order valence-electron chi connectivity index (χ1n) is 7.74. The third kappa shape index (κ3) is 3.57. The minimum absolute atomic E-state index is 0.142. The summed E-state index contributed by atoms with van der Waals surface area (Å²) in [5.74, 6) is 1.17. The summed E-state index contributed by atoms with van der Waals surface area (Å²) in [6, 6.07) is 13.0. The summed E-state index contributed by atoms with van der Waals surface area (Å²) < 4.78 is 11.6. The molecule has 130 valence electrons. The second-order valence-electron chi connectivity index (χ2n) is 5.57. The van der Waals surface area contributed by atoms with Gasteiger partial charge in [0.25, 0.3) is 5.91 Å². The summed E-state index contributed by atoms with van der Waals surface area (Å²) in [7, 11) is 3.19. The van der Waals surface area contributed by atoms with Gasteiger partial charge in [-0.2, -0.15) is 0 Å². The fourth-order valence-electron chi connectivity index (χ4n) is 2.64. The zero-order chi connectivity index (χ0) is 18.0. The molecule has 0 saturated heterocycles. The summed E-state index contributed by atoms with van der Waals surface area (Å²) >= 11 is 7.46. The van der Waals surface area contributed by atoms with Gasteiger partial charge < -0.3 is 14.8 Å². The van der Waals surface area contributed by atoms with Crippen LogP contribution in [0.2, 0.25) is 5.02 Å². The predicted molar refractivity (Wildman–Crippen MR) is 102 cm³/mol. The Kier molecular flexibility index (Phi) is 5.16. The highest BCUT2D eigenvalue weighted by Gasteiger charge is 2.21. The molecule has 0 aliphatic rings. The summed E-state index contributed by atoms with van der Waals surface area (Å²) in [4.78, 5) is 13.3. The average molecular weight is 376 g/mol. The molecule has 25 heavy (non-hydrogen) atoms. The topological polar surface area (TPSA) is 47.6 Å². The highest BCUT2D eigenvalue weighted by molar-refractivity contribution is 7.21. The lowest BCUT2D eigenvalue weighted by molar-refractivity contribution is 0.0941. The molecule has 1 amide bonds. The lowest BCUT2D eigenvalue weighted by Crippen LogP contribution is -2.26. The predicted octanol–water partition coefficient (Wildman–Crippen LogP) is 5.06. The number of hydrogen-bond acceptors (Lipinski definition) is 4. The Morgan fingerprint density at radius 1 is 1.12 bits per heavy atom. The quantitative estimate of drug-likeness (QED) is 0.677. The van der Waals surface area contributed by atoms with E-state index in [4.69, 9.17) is 21.1 Å². The molecular weight excluding hydrogens is 358 g/mol. The van der Waals surface area contributed by atoms with E-state index in [1.165, 1.54) is 11.3 Å². The smallest absolute Gasteiger partial charge is 0.265 e. The molecule has 1 atom stereocenters. The maximum Gasteiger partial charge on any atom is 0.265 e. The van der Waals surface area contributed by atoms with E-state index < -0.39 is 0 Å². The molecule has 0 spiro atoms. The van der Waals surface area contributed by atoms with Crippen molar-refractivity contribution in [1.82, 2.24) is 5.32 Å². The Bertz CT molecular complexity index is 905. The number of ether oxygens (including phenoxy) is 2. The van der Waals surface area contributed by atoms with Gasteiger partial charge in [0.2, 0.25) is 0 Å². The van der Waals surface area contributed by atoms with Gasteiger partial charge >= 0.3 is 0 Å². The number of carbonyl (C=O) groups excluding carboxylic acids is 1. The van der Waals surface area contributed by atoms with E-state index in [2.05, 4.69) is 5.32 Å². The third-order valence-corrected chi connectivity index (χ3v) is 5.36. The standard InChI is InChI=1S/C19H18ClNO3S/c1-11(12-4-7-14(23-2)8-5-12)21-19(22)18-17(24-3)15-10-13(20)6-9-16(15)25-18/h4-11H,1-3H3,(H,21,22)/t11-/m0/s1. The van der Waals surface area contributed by atoms with Crippen molar-refractivity contribution in [2.75, 3.05) is 14.2 Å². The van der Waals surface area contributed by atoms with Gasteiger partial charge in [0.1, 0.15) is 16.4 Å². The van der Waals surface area contributed by atoms with Crippen LogP contribution >= 0.6 is 22.9 Å². The van der Waals surface area contributed by atoms with Crippen LogP contribution in [0.4, 0.5) is 0 Å². The number of fused-ring (bicyclic) bond motifs is 1. The van der Waals surface area contributed by atoms with Gasteiger partial charge in [-0.15, -0.1) is 11.3 Å². The van der Waals surface area contributed by atoms with Crippen LogP contribution in [0.15, 0.2) is 42.5 Å². The van der Waals surface area contributed by atoms with Crippen molar-refractivity contribution in [1.29, 1.82) is 0 Å². The molecule has 6 heteroatoms. The fourth-order valence-corrected chi connectivity index (χ4v) is 3.86. The Hall–Kier alpha value is -2.24. The van der Waals surface area contributed by atoms with Crippen LogP contribution in [0.1, 0.15) is 28.2 Å². The third-order valence-electron chi connectivity index (χ3n) is 3.98. The molecule has 0 aliphatic carbocycles. The van der Waals surface area contributed by atoms with E-state index in [-0.39, 0.29) is 11.9 Å². The first kappa shape index (κ1) is 17.6. The van der Waals surface area contributed by atoms with Crippen LogP contribution < -0.4 is 14.8 Å². The Morgan fingerprint density at radius 3 is 2.48 bits per heavy atom. The van der Waals surface area contributed by atoms with Crippen molar-refractivity contribution < 1.29 is 14.3 Å². The van der Waals surface area contributed by atoms with Gasteiger partial charge in [0.05, 0.1) is 20.3 Å². The van der Waals surface area contributed by atoms with Crippen LogP contribution in [-0.2, 0) is 0 Å². The van der Waals surface area contributed by atoms with Gasteiger partial charge in [-0.3, -0.25) is 4.79 Å². The summed E-state index contributed by atoms with van der Waals surface area (Å²) in [6.45, 7) is 1.94. The van der Waals surface area contributed by atoms with Crippen molar-refractivity contribution in [2.24, 2.45) is 0 Å². The van der Waals surface area contributed by atoms with Crippen molar-refractivity contribution in [3.63, 3.8) is 0 Å². The lowest BCUT2D eigenvalue weighted by atomic mass is 10.1. The second kappa shape index (κ2) is 7.33. The normalized spacial score (nSPS) is 12.0. The van der Waals surface area contributed by atoms with Crippen molar-refractivity contribution in [3.8, 4) is 11.5 Å². The summed E-state index contributed by atoms with van der Waals surface area (Å²) in [5, 5.41) is 4.48. The molecule has 0 bridgehead atoms. The summed E-state index contributed by atoms with van der Waals surface area (Å²) in [6.07, 6.45) is 0. The van der Waals surface area contributed by atoms with E-state index >= 15 is 0 Å². The summed E-state index contributed by atoms with van der Waals surface area (Å²) in [5.41, 5.74) is 0.997. The average Bonchev–Trinajstić information content (AvgIpc) is 2.99. The van der Waals surface area contributed by atoms with Gasteiger partial charge in [-0.1, -0.05) is 23.7 Å². The molecule has 2 aromatic carbocycles. The molecule has 0 radical (unpaired) electrons. The molecule has 0 unspecified atom stereocenters. The maximum absolute atomic E-state index is 12.7. The number of rotatable bonds is 5. The van der Waals surface area contributed by atoms with Crippen LogP contribution in [0.5, 0.6) is 11.5 Å². The molecule has 4 nitrogen and oxygen atoms in total. The first-order valence-corrected chi connectivity index (χ1v) is 8.93. The molecule has 0 fully saturated rings. The van der Waals surface area contributed by atoms with E-state index in [1.807, 2.05) is 49.4 Å². The molecule has 1 N–H and O–H groups in total. The lowest BCUT2D eigenvalue weighted by Gasteiger charge is -2.14. The van der Waals surface area contributed by atoms with Crippen molar-refractivity contribution in [2.45, 2.75) is 13.0 Å². The Morgan fingerprint density at radius 2 is 1.84 bits per heavy atom. The van der Waals surface area contributed by atoms with Gasteiger partial charge in [-0.25, -0.2) is 0 Å². The van der Waals surface area contributed by atoms with Crippen LogP contribution in [-0.4, -0.2) is 20.1 Å². The van der Waals surface area contributed by atoms with E-state index in [0.29, 0.717) is 15.6 Å². The number of carbonyl (C=O) groups is 1. The molecule has 0 aliphatic heterocycles. The molecular formula is C19H18ClNO3S. The number of halogens is 1. The SMILES string of the molecule is COc1ccc([C@H](C)NC(=O)c2sc3ccc(Cl)cc3c2OC)cc1. The van der Waals surface area contributed by atoms with E-state index in [1.54, 1.807) is 14.2 Å². The maximum atomic E-state index is 12.7. The number of thiophene rings is 1. The molecule has 1 aromatic heterocycles. The molecule has 3 rings (SSSR count). The number of hydrogen-bond donors (Lipinski definition) is 1. The monoisotopic (exact) mass is 375 g/mol. The Balaban J connectivity index is 1.86. The molecule has 1 heterocycles. The highest BCUT2D eigenvalue weighted by atomic mass is 35.5. The van der Waals surface area contributed by atoms with Crippen LogP contribution in [0.3, 0.4) is 0 Å². The number of nitrogens with one attached hydrogen (secondary N) is 1. The number of methoxy groups -OCH3 is 2. The Labute approximate surface area is 155 Å². The van der Waals surface area contributed by atoms with E-state index in [0.717, 1.165) is 21.4 Å². The van der Waals surface area contributed by atoms with Gasteiger partial charge in [0, 0.05) is 15.1 Å². The van der Waals surface area contributed by atoms with Gasteiger partial charge in [-0.05, 0) is 42.8 Å². The number of amides is 1. The molecule has 0 saturated carbocycles. The minimum Gasteiger partial charge on any atom is -0.497 e. The van der Waals surface area contributed by atoms with Crippen LogP contribution in [0, 0.1) is 0 Å². The molecule has 3 aromatic rings. The van der Waals surface area contributed by atoms with E-state index in [9.17, 15) is 4.79 Å². The van der Waals surface area contributed by atoms with Crippen molar-refractivity contribution >= 4 is 38.9 Å². The number of benzene rings is 2. The largest absolute Gasteiger partial charge is 0.497 e. The minimum atomic E-state index is -0.169. The van der Waals surface area contributed by atoms with Gasteiger partial charge in [0.15, 0.2) is 0 Å². The van der Waals surface area contributed by atoms with Crippen LogP contribution in [0.25, 0.3) is 10.1 Å². The first-order chi connectivity index (χ1) is 12.0. The zero-order valence-electron chi connectivity index (χ0n) is 14.1. The zero-order valence-corrected chi connectivity index (χ0v) is 15.7. The second-order valence-corrected chi connectivity index (χ2v) is 7.06.